The molecule has 0 bridgehead atoms. The Labute approximate surface area is 217 Å². The maximum Gasteiger partial charge on any atom is 0.252 e. The summed E-state index contributed by atoms with van der Waals surface area (Å²) >= 11 is 0. The largest absolute Gasteiger partial charge is 0.491 e. The summed E-state index contributed by atoms with van der Waals surface area (Å²) in [5, 5.41) is 10.5. The Bertz CT molecular complexity index is 1240. The molecule has 1 aliphatic heterocycles. The van der Waals surface area contributed by atoms with E-state index in [2.05, 4.69) is 21.8 Å². The molecular weight excluding hydrogens is 450 g/mol. The molecule has 0 aliphatic carbocycles. The molecule has 3 aromatic rings. The van der Waals surface area contributed by atoms with Crippen LogP contribution in [-0.2, 0) is 7.05 Å². The number of aromatic nitrogens is 2. The first-order valence-corrected chi connectivity index (χ1v) is 12.4. The Morgan fingerprint density at radius 3 is 2.42 bits per heavy atom. The number of anilines is 1. The van der Waals surface area contributed by atoms with Crippen molar-refractivity contribution >= 4 is 11.6 Å². The zero-order valence-electron chi connectivity index (χ0n) is 22.2. The van der Waals surface area contributed by atoms with Crippen molar-refractivity contribution in [2.75, 3.05) is 4.90 Å². The van der Waals surface area contributed by atoms with Gasteiger partial charge in [-0.1, -0.05) is 19.9 Å². The van der Waals surface area contributed by atoms with Gasteiger partial charge in [0.05, 0.1) is 18.3 Å². The molecule has 4 rings (SSSR count). The Morgan fingerprint density at radius 2 is 1.78 bits per heavy atom. The van der Waals surface area contributed by atoms with Gasteiger partial charge in [0.2, 0.25) is 0 Å². The molecule has 36 heavy (non-hydrogen) atoms. The van der Waals surface area contributed by atoms with Gasteiger partial charge in [0, 0.05) is 57.7 Å². The van der Waals surface area contributed by atoms with Crippen molar-refractivity contribution in [3.63, 3.8) is 0 Å². The summed E-state index contributed by atoms with van der Waals surface area (Å²) in [5.41, 5.74) is 5.45. The van der Waals surface area contributed by atoms with E-state index in [1.54, 1.807) is 4.68 Å². The normalized spacial score (nSPS) is 13.1. The standard InChI is InChI=1S/C27H31N5O2.C2H6.2H2/c1-18(2)34-25-13-21(12-22(14-25)23-16-29-31(5)17-23)20(4)30-27(33)26-15-24(7-6-19(26)3)32-10-8-28-9-11-32;1-2;;/h6-18,20,28H,1-5H3,(H,30,33);1-2H3;2*1H/t20-;;;/m1.../s1. The van der Waals surface area contributed by atoms with Crippen LogP contribution in [0.3, 0.4) is 0 Å². The quantitative estimate of drug-likeness (QED) is 0.392. The van der Waals surface area contributed by atoms with E-state index in [-0.39, 0.29) is 20.9 Å². The Hall–Kier alpha value is -4.00. The predicted molar refractivity (Wildman–Crippen MR) is 151 cm³/mol. The molecule has 2 heterocycles. The molecule has 0 unspecified atom stereocenters. The van der Waals surface area contributed by atoms with Crippen LogP contribution in [0.5, 0.6) is 5.75 Å². The summed E-state index contributed by atoms with van der Waals surface area (Å²) in [6, 6.07) is 11.7. The molecule has 0 saturated heterocycles. The van der Waals surface area contributed by atoms with Crippen molar-refractivity contribution in [3.8, 4) is 16.9 Å². The van der Waals surface area contributed by atoms with Crippen molar-refractivity contribution in [1.29, 1.82) is 0 Å². The lowest BCUT2D eigenvalue weighted by molar-refractivity contribution is 0.0939. The molecule has 0 radical (unpaired) electrons. The third kappa shape index (κ3) is 6.56. The van der Waals surface area contributed by atoms with E-state index in [9.17, 15) is 4.79 Å². The van der Waals surface area contributed by atoms with Crippen LogP contribution in [0.25, 0.3) is 11.1 Å². The molecule has 0 spiro atoms. The number of carbonyl (C=O) groups is 1. The van der Waals surface area contributed by atoms with Crippen LogP contribution in [0.4, 0.5) is 5.69 Å². The van der Waals surface area contributed by atoms with Crippen LogP contribution in [0.2, 0.25) is 0 Å². The average molecular weight is 492 g/mol. The van der Waals surface area contributed by atoms with Gasteiger partial charge < -0.3 is 20.3 Å². The minimum absolute atomic E-state index is 0. The molecule has 7 heteroatoms. The van der Waals surface area contributed by atoms with Crippen molar-refractivity contribution in [1.82, 2.24) is 20.4 Å². The Morgan fingerprint density at radius 1 is 1.06 bits per heavy atom. The first-order chi connectivity index (χ1) is 17.3. The maximum absolute atomic E-state index is 13.3. The van der Waals surface area contributed by atoms with Crippen LogP contribution < -0.4 is 20.3 Å². The SMILES string of the molecule is CC.Cc1ccc(N2C=CNC=C2)cc1C(=O)N[C@H](C)c1cc(OC(C)C)cc(-c2cnn(C)c2)c1.[HH].[HH]. The van der Waals surface area contributed by atoms with Gasteiger partial charge in [-0.15, -0.1) is 0 Å². The highest BCUT2D eigenvalue weighted by molar-refractivity contribution is 5.97. The number of amides is 1. The number of benzene rings is 2. The zero-order chi connectivity index (χ0) is 26.2. The van der Waals surface area contributed by atoms with Crippen molar-refractivity contribution in [3.05, 3.63) is 90.3 Å². The second-order valence-corrected chi connectivity index (χ2v) is 8.76. The monoisotopic (exact) mass is 491 g/mol. The molecule has 194 valence electrons. The summed E-state index contributed by atoms with van der Waals surface area (Å²) in [7, 11) is 1.89. The first kappa shape index (κ1) is 26.6. The molecule has 0 saturated carbocycles. The van der Waals surface area contributed by atoms with E-state index >= 15 is 0 Å². The highest BCUT2D eigenvalue weighted by atomic mass is 16.5. The Balaban J connectivity index is 0.00000176. The number of rotatable bonds is 7. The topological polar surface area (TPSA) is 71.4 Å². The van der Waals surface area contributed by atoms with Gasteiger partial charge in [-0.3, -0.25) is 9.48 Å². The molecule has 2 N–H and O–H groups in total. The van der Waals surface area contributed by atoms with E-state index in [1.165, 1.54) is 0 Å². The fourth-order valence-corrected chi connectivity index (χ4v) is 3.85. The van der Waals surface area contributed by atoms with Gasteiger partial charge in [0.1, 0.15) is 5.75 Å². The maximum atomic E-state index is 13.3. The lowest BCUT2D eigenvalue weighted by atomic mass is 10.0. The van der Waals surface area contributed by atoms with Crippen molar-refractivity contribution < 1.29 is 12.4 Å². The smallest absolute Gasteiger partial charge is 0.252 e. The first-order valence-electron chi connectivity index (χ1n) is 12.4. The van der Waals surface area contributed by atoms with E-state index in [1.807, 2.05) is 121 Å². The average Bonchev–Trinajstić information content (AvgIpc) is 3.31. The van der Waals surface area contributed by atoms with Gasteiger partial charge in [-0.25, -0.2) is 0 Å². The summed E-state index contributed by atoms with van der Waals surface area (Å²) in [5.74, 6) is 0.649. The van der Waals surface area contributed by atoms with Crippen LogP contribution in [0, 0.1) is 6.92 Å². The minimum Gasteiger partial charge on any atom is -0.491 e. The zero-order valence-corrected chi connectivity index (χ0v) is 22.2. The summed E-state index contributed by atoms with van der Waals surface area (Å²) in [6.45, 7) is 11.9. The highest BCUT2D eigenvalue weighted by Gasteiger charge is 2.17. The summed E-state index contributed by atoms with van der Waals surface area (Å²) in [4.78, 5) is 15.2. The van der Waals surface area contributed by atoms with E-state index in [4.69, 9.17) is 4.74 Å². The second-order valence-electron chi connectivity index (χ2n) is 8.76. The number of aryl methyl sites for hydroxylation is 2. The molecule has 2 aromatic carbocycles. The highest BCUT2D eigenvalue weighted by Crippen LogP contribution is 2.30. The third-order valence-electron chi connectivity index (χ3n) is 5.61. The minimum atomic E-state index is -0.222. The van der Waals surface area contributed by atoms with Crippen molar-refractivity contribution in [2.24, 2.45) is 7.05 Å². The van der Waals surface area contributed by atoms with E-state index in [0.717, 1.165) is 33.7 Å². The Kier molecular flexibility index (Phi) is 8.95. The van der Waals surface area contributed by atoms with Gasteiger partial charge in [-0.05, 0) is 74.7 Å². The summed E-state index contributed by atoms with van der Waals surface area (Å²) in [6.07, 6.45) is 11.3. The van der Waals surface area contributed by atoms with Crippen LogP contribution >= 0.6 is 0 Å². The fraction of sp³-hybridized carbons (Fsp3) is 0.310. The molecule has 7 nitrogen and oxygen atoms in total. The van der Waals surface area contributed by atoms with Gasteiger partial charge in [0.25, 0.3) is 5.91 Å². The number of hydrogen-bond acceptors (Lipinski definition) is 5. The lowest BCUT2D eigenvalue weighted by Crippen LogP contribution is -2.27. The number of carbonyl (C=O) groups excluding carboxylic acids is 1. The van der Waals surface area contributed by atoms with Gasteiger partial charge >= 0.3 is 0 Å². The molecule has 0 fully saturated rings. The van der Waals surface area contributed by atoms with Gasteiger partial charge in [-0.2, -0.15) is 5.10 Å². The van der Waals surface area contributed by atoms with Crippen molar-refractivity contribution in [2.45, 2.75) is 53.7 Å². The molecular formula is C29H41N5O2. The van der Waals surface area contributed by atoms with E-state index in [0.29, 0.717) is 5.56 Å². The molecule has 1 aromatic heterocycles. The third-order valence-corrected chi connectivity index (χ3v) is 5.61. The lowest BCUT2D eigenvalue weighted by Gasteiger charge is -2.21. The van der Waals surface area contributed by atoms with Gasteiger partial charge in [0.15, 0.2) is 0 Å². The number of nitrogens with one attached hydrogen (secondary N) is 2. The molecule has 1 atom stereocenters. The van der Waals surface area contributed by atoms with Crippen LogP contribution in [0.1, 0.15) is 65.0 Å². The molecule has 1 amide bonds. The number of hydrogen-bond donors (Lipinski definition) is 2. The fourth-order valence-electron chi connectivity index (χ4n) is 3.85. The van der Waals surface area contributed by atoms with E-state index < -0.39 is 0 Å². The summed E-state index contributed by atoms with van der Waals surface area (Å²) < 4.78 is 7.77. The van der Waals surface area contributed by atoms with Crippen LogP contribution in [0.15, 0.2) is 73.6 Å². The second kappa shape index (κ2) is 12.1. The predicted octanol–water partition coefficient (Wildman–Crippen LogP) is 6.54. The number of nitrogens with zero attached hydrogens (tertiary/aromatic N) is 3. The van der Waals surface area contributed by atoms with Crippen LogP contribution in [-0.4, -0.2) is 21.8 Å². The molecule has 1 aliphatic rings. The number of ether oxygens (including phenoxy) is 1.